The number of nitrogens with zero attached hydrogens (tertiary/aromatic N) is 2. The van der Waals surface area contributed by atoms with E-state index < -0.39 is 17.1 Å². The van der Waals surface area contributed by atoms with Gasteiger partial charge in [0.25, 0.3) is 5.56 Å². The molecule has 0 spiro atoms. The van der Waals surface area contributed by atoms with Crippen molar-refractivity contribution in [2.45, 2.75) is 39.5 Å². The Morgan fingerprint density at radius 2 is 1.76 bits per heavy atom. The predicted octanol–water partition coefficient (Wildman–Crippen LogP) is 2.49. The zero-order valence-corrected chi connectivity index (χ0v) is 17.3. The normalized spacial score (nSPS) is 11.2. The highest BCUT2D eigenvalue weighted by atomic mass is 35.5. The molecule has 8 nitrogen and oxygen atoms in total. The zero-order valence-electron chi connectivity index (χ0n) is 16.5. The van der Waals surface area contributed by atoms with Gasteiger partial charge >= 0.3 is 5.97 Å². The van der Waals surface area contributed by atoms with Crippen LogP contribution in [-0.4, -0.2) is 35.2 Å². The number of hydrogen-bond donors (Lipinski definition) is 0. The lowest BCUT2D eigenvalue weighted by Crippen LogP contribution is -2.36. The fourth-order valence-electron chi connectivity index (χ4n) is 2.31. The van der Waals surface area contributed by atoms with Crippen molar-refractivity contribution in [1.82, 2.24) is 9.78 Å². The summed E-state index contributed by atoms with van der Waals surface area (Å²) in [7, 11) is 0. The summed E-state index contributed by atoms with van der Waals surface area (Å²) in [4.78, 5) is 33.1. The summed E-state index contributed by atoms with van der Waals surface area (Å²) in [5.41, 5.74) is 0.920. The van der Waals surface area contributed by atoms with E-state index in [1.54, 1.807) is 0 Å². The summed E-state index contributed by atoms with van der Waals surface area (Å²) in [5.74, 6) is -0.682. The van der Waals surface area contributed by atoms with Crippen LogP contribution in [-0.2, 0) is 37.8 Å². The van der Waals surface area contributed by atoms with E-state index in [1.165, 1.54) is 10.9 Å². The first-order valence-electron chi connectivity index (χ1n) is 8.91. The Hall–Kier alpha value is -2.71. The Labute approximate surface area is 173 Å². The quantitative estimate of drug-likeness (QED) is 0.265. The second-order valence-corrected chi connectivity index (χ2v) is 7.53. The van der Waals surface area contributed by atoms with Gasteiger partial charge in [0, 0.05) is 0 Å². The minimum Gasteiger partial charge on any atom is -0.485 e. The molecule has 2 rings (SSSR count). The van der Waals surface area contributed by atoms with Crippen LogP contribution in [0.1, 0.15) is 31.9 Å². The van der Waals surface area contributed by atoms with Gasteiger partial charge in [0.05, 0.1) is 24.9 Å². The molecule has 0 atom stereocenters. The lowest BCUT2D eigenvalue weighted by atomic mass is 10.1. The van der Waals surface area contributed by atoms with Crippen LogP contribution in [0, 0.1) is 0 Å². The molecule has 2 aromatic rings. The first-order valence-corrected chi connectivity index (χ1v) is 9.29. The first-order chi connectivity index (χ1) is 13.7. The molecule has 29 heavy (non-hydrogen) atoms. The van der Waals surface area contributed by atoms with Crippen molar-refractivity contribution in [2.75, 3.05) is 13.2 Å². The number of rotatable bonds is 9. The van der Waals surface area contributed by atoms with E-state index in [2.05, 4.69) is 9.84 Å². The minimum atomic E-state index is -0.913. The number of carbonyl (C=O) groups excluding carboxylic acids is 2. The van der Waals surface area contributed by atoms with Crippen molar-refractivity contribution < 1.29 is 23.8 Å². The Morgan fingerprint density at radius 3 is 2.34 bits per heavy atom. The van der Waals surface area contributed by atoms with Gasteiger partial charge in [-0.2, -0.15) is 5.10 Å². The molecule has 0 amide bonds. The van der Waals surface area contributed by atoms with Gasteiger partial charge in [0.15, 0.2) is 10.8 Å². The molecule has 0 aliphatic rings. The molecule has 0 bridgehead atoms. The summed E-state index contributed by atoms with van der Waals surface area (Å²) in [6.07, 6.45) is 1.55. The van der Waals surface area contributed by atoms with Crippen LogP contribution in [0.3, 0.4) is 0 Å². The maximum atomic E-state index is 12.3. The van der Waals surface area contributed by atoms with Crippen LogP contribution in [0.4, 0.5) is 0 Å². The first kappa shape index (κ1) is 22.6. The maximum absolute atomic E-state index is 12.3. The third-order valence-corrected chi connectivity index (χ3v) is 4.12. The van der Waals surface area contributed by atoms with Gasteiger partial charge in [0.1, 0.15) is 13.2 Å². The number of carbonyl (C=O) groups is 2. The highest BCUT2D eigenvalue weighted by Crippen LogP contribution is 2.21. The molecule has 0 unspecified atom stereocenters. The SMILES string of the molecule is CC(C)(C)n1ncc(OCc2ccc(COCCOC(=O)C=O)cc2)c(Cl)c1=O. The molecule has 0 aliphatic heterocycles. The van der Waals surface area contributed by atoms with Crippen molar-refractivity contribution >= 4 is 23.9 Å². The molecule has 0 aliphatic carbocycles. The van der Waals surface area contributed by atoms with Gasteiger partial charge < -0.3 is 14.2 Å². The molecule has 0 saturated carbocycles. The van der Waals surface area contributed by atoms with Gasteiger partial charge in [-0.1, -0.05) is 35.9 Å². The maximum Gasteiger partial charge on any atom is 0.371 e. The number of aldehydes is 1. The lowest BCUT2D eigenvalue weighted by Gasteiger charge is -2.21. The van der Waals surface area contributed by atoms with Crippen LogP contribution in [0.5, 0.6) is 5.75 Å². The van der Waals surface area contributed by atoms with E-state index in [9.17, 15) is 14.4 Å². The third kappa shape index (κ3) is 6.69. The molecule has 1 heterocycles. The highest BCUT2D eigenvalue weighted by Gasteiger charge is 2.19. The number of benzene rings is 1. The van der Waals surface area contributed by atoms with Crippen molar-refractivity contribution in [3.63, 3.8) is 0 Å². The van der Waals surface area contributed by atoms with E-state index in [0.717, 1.165) is 11.1 Å². The Kier molecular flexibility index (Phi) is 7.92. The average Bonchev–Trinajstić information content (AvgIpc) is 2.68. The summed E-state index contributed by atoms with van der Waals surface area (Å²) in [6.45, 7) is 6.36. The number of aromatic nitrogens is 2. The van der Waals surface area contributed by atoms with Crippen LogP contribution >= 0.6 is 11.6 Å². The van der Waals surface area contributed by atoms with E-state index >= 15 is 0 Å². The molecule has 0 radical (unpaired) electrons. The molecule has 0 N–H and O–H groups in total. The van der Waals surface area contributed by atoms with E-state index in [-0.39, 0.29) is 36.9 Å². The van der Waals surface area contributed by atoms with Gasteiger partial charge in [-0.05, 0) is 31.9 Å². The molecule has 0 fully saturated rings. The lowest BCUT2D eigenvalue weighted by molar-refractivity contribution is -0.149. The second kappa shape index (κ2) is 10.2. The summed E-state index contributed by atoms with van der Waals surface area (Å²) in [6, 6.07) is 7.47. The summed E-state index contributed by atoms with van der Waals surface area (Å²) < 4.78 is 16.9. The van der Waals surface area contributed by atoms with Crippen molar-refractivity contribution in [3.05, 3.63) is 57.0 Å². The van der Waals surface area contributed by atoms with E-state index in [4.69, 9.17) is 21.1 Å². The standard InChI is InChI=1S/C20H23ClN2O6/c1-20(2,3)23-19(26)18(21)16(10-22-23)29-13-15-6-4-14(5-7-15)12-27-8-9-28-17(25)11-24/h4-7,10-11H,8-9,12-13H2,1-3H3. The fourth-order valence-corrected chi connectivity index (χ4v) is 2.50. The Balaban J connectivity index is 1.86. The molecule has 1 aromatic heterocycles. The highest BCUT2D eigenvalue weighted by molar-refractivity contribution is 6.31. The smallest absolute Gasteiger partial charge is 0.371 e. The fraction of sp³-hybridized carbons (Fsp3) is 0.400. The number of halogens is 1. The Bertz CT molecular complexity index is 903. The molecule has 0 saturated heterocycles. The number of hydrogen-bond acceptors (Lipinski definition) is 7. The molecule has 1 aromatic carbocycles. The van der Waals surface area contributed by atoms with Crippen LogP contribution in [0.2, 0.25) is 5.02 Å². The van der Waals surface area contributed by atoms with E-state index in [1.807, 2.05) is 45.0 Å². The molecular formula is C20H23ClN2O6. The minimum absolute atomic E-state index is 0.00442. The van der Waals surface area contributed by atoms with Crippen molar-refractivity contribution in [3.8, 4) is 5.75 Å². The van der Waals surface area contributed by atoms with Crippen molar-refractivity contribution in [2.24, 2.45) is 0 Å². The molecule has 9 heteroatoms. The average molecular weight is 423 g/mol. The number of ether oxygens (including phenoxy) is 3. The molecule has 156 valence electrons. The van der Waals surface area contributed by atoms with Crippen LogP contribution < -0.4 is 10.3 Å². The second-order valence-electron chi connectivity index (χ2n) is 7.15. The van der Waals surface area contributed by atoms with Gasteiger partial charge in [-0.25, -0.2) is 9.48 Å². The third-order valence-electron chi connectivity index (χ3n) is 3.78. The largest absolute Gasteiger partial charge is 0.485 e. The van der Waals surface area contributed by atoms with Gasteiger partial charge in [-0.3, -0.25) is 9.59 Å². The van der Waals surface area contributed by atoms with Crippen LogP contribution in [0.15, 0.2) is 35.3 Å². The molecular weight excluding hydrogens is 400 g/mol. The van der Waals surface area contributed by atoms with Crippen molar-refractivity contribution in [1.29, 1.82) is 0 Å². The van der Waals surface area contributed by atoms with Gasteiger partial charge in [0.2, 0.25) is 6.29 Å². The zero-order chi connectivity index (χ0) is 21.4. The number of esters is 1. The summed E-state index contributed by atoms with van der Waals surface area (Å²) in [5, 5.41) is 4.12. The summed E-state index contributed by atoms with van der Waals surface area (Å²) >= 11 is 6.14. The Morgan fingerprint density at radius 1 is 1.14 bits per heavy atom. The van der Waals surface area contributed by atoms with E-state index in [0.29, 0.717) is 6.61 Å². The van der Waals surface area contributed by atoms with Crippen LogP contribution in [0.25, 0.3) is 0 Å². The topological polar surface area (TPSA) is 96.7 Å². The predicted molar refractivity (Wildman–Crippen MR) is 106 cm³/mol. The van der Waals surface area contributed by atoms with Gasteiger partial charge in [-0.15, -0.1) is 0 Å². The monoisotopic (exact) mass is 422 g/mol.